The van der Waals surface area contributed by atoms with Gasteiger partial charge < -0.3 is 0 Å². The first kappa shape index (κ1) is 13.8. The summed E-state index contributed by atoms with van der Waals surface area (Å²) in [6, 6.07) is 13.5. The van der Waals surface area contributed by atoms with Crippen molar-refractivity contribution in [3.63, 3.8) is 0 Å². The van der Waals surface area contributed by atoms with E-state index < -0.39 is 10.0 Å². The van der Waals surface area contributed by atoms with E-state index in [0.717, 1.165) is 23.3 Å². The van der Waals surface area contributed by atoms with E-state index >= 15 is 0 Å². The van der Waals surface area contributed by atoms with Gasteiger partial charge in [0.25, 0.3) is 0 Å². The van der Waals surface area contributed by atoms with Crippen LogP contribution in [0.15, 0.2) is 47.8 Å². The highest BCUT2D eigenvalue weighted by Crippen LogP contribution is 2.37. The van der Waals surface area contributed by atoms with Crippen molar-refractivity contribution in [1.82, 2.24) is 4.31 Å². The van der Waals surface area contributed by atoms with E-state index in [1.807, 2.05) is 47.8 Å². The molecular weight excluding hydrogens is 290 g/mol. The third-order valence-corrected chi connectivity index (χ3v) is 6.45. The maximum Gasteiger partial charge on any atom is 0.218 e. The standard InChI is InChI=1S/C15H17NO2S2/c17-20(18,12-13-6-2-1-3-7-13)16-10-4-8-14(16)15-9-5-11-19-15/h1-3,5-7,9,11,14H,4,8,10,12H2/t14-/m1/s1. The number of hydrogen-bond acceptors (Lipinski definition) is 3. The highest BCUT2D eigenvalue weighted by molar-refractivity contribution is 7.88. The topological polar surface area (TPSA) is 37.4 Å². The van der Waals surface area contributed by atoms with Gasteiger partial charge in [0.15, 0.2) is 0 Å². The minimum absolute atomic E-state index is 0.0312. The minimum atomic E-state index is -3.25. The fraction of sp³-hybridized carbons (Fsp3) is 0.333. The van der Waals surface area contributed by atoms with Gasteiger partial charge in [-0.3, -0.25) is 0 Å². The van der Waals surface area contributed by atoms with Crippen LogP contribution in [0, 0.1) is 0 Å². The molecule has 1 aromatic carbocycles. The van der Waals surface area contributed by atoms with Crippen molar-refractivity contribution in [3.05, 3.63) is 58.3 Å². The molecule has 1 saturated heterocycles. The van der Waals surface area contributed by atoms with Gasteiger partial charge in [0.05, 0.1) is 11.8 Å². The molecule has 2 aromatic rings. The highest BCUT2D eigenvalue weighted by atomic mass is 32.2. The predicted molar refractivity (Wildman–Crippen MR) is 82.1 cm³/mol. The van der Waals surface area contributed by atoms with Crippen molar-refractivity contribution >= 4 is 21.4 Å². The zero-order chi connectivity index (χ0) is 14.0. The molecule has 1 fully saturated rings. The quantitative estimate of drug-likeness (QED) is 0.868. The van der Waals surface area contributed by atoms with E-state index in [1.165, 1.54) is 0 Å². The number of sulfonamides is 1. The summed E-state index contributed by atoms with van der Waals surface area (Å²) < 4.78 is 27.0. The lowest BCUT2D eigenvalue weighted by Gasteiger charge is -2.23. The molecule has 3 rings (SSSR count). The second-order valence-corrected chi connectivity index (χ2v) is 7.93. The summed E-state index contributed by atoms with van der Waals surface area (Å²) in [6.07, 6.45) is 1.87. The Kier molecular flexibility index (Phi) is 3.92. The summed E-state index contributed by atoms with van der Waals surface area (Å²) in [4.78, 5) is 1.15. The number of hydrogen-bond donors (Lipinski definition) is 0. The lowest BCUT2D eigenvalue weighted by atomic mass is 10.2. The summed E-state index contributed by atoms with van der Waals surface area (Å²) >= 11 is 1.64. The average Bonchev–Trinajstić information content (AvgIpc) is 3.10. The van der Waals surface area contributed by atoms with Crippen molar-refractivity contribution in [2.45, 2.75) is 24.6 Å². The molecule has 1 atom stereocenters. The molecule has 1 aliphatic rings. The maximum atomic E-state index is 12.6. The molecule has 0 bridgehead atoms. The normalized spacial score (nSPS) is 20.3. The Morgan fingerprint density at radius 1 is 1.15 bits per heavy atom. The van der Waals surface area contributed by atoms with Crippen molar-refractivity contribution in [1.29, 1.82) is 0 Å². The van der Waals surface area contributed by atoms with Crippen molar-refractivity contribution in [3.8, 4) is 0 Å². The van der Waals surface area contributed by atoms with Crippen LogP contribution in [0.25, 0.3) is 0 Å². The van der Waals surface area contributed by atoms with Crippen molar-refractivity contribution < 1.29 is 8.42 Å². The van der Waals surface area contributed by atoms with E-state index in [4.69, 9.17) is 0 Å². The molecular formula is C15H17NO2S2. The van der Waals surface area contributed by atoms with E-state index in [0.29, 0.717) is 6.54 Å². The monoisotopic (exact) mass is 307 g/mol. The molecule has 0 aliphatic carbocycles. The van der Waals surface area contributed by atoms with Crippen LogP contribution in [0.4, 0.5) is 0 Å². The van der Waals surface area contributed by atoms with E-state index in [9.17, 15) is 8.42 Å². The first-order chi connectivity index (χ1) is 9.67. The molecule has 0 amide bonds. The lowest BCUT2D eigenvalue weighted by Crippen LogP contribution is -2.31. The molecule has 3 nitrogen and oxygen atoms in total. The van der Waals surface area contributed by atoms with Gasteiger partial charge in [0.2, 0.25) is 10.0 Å². The molecule has 5 heteroatoms. The molecule has 0 unspecified atom stereocenters. The molecule has 0 radical (unpaired) electrons. The number of benzene rings is 1. The van der Waals surface area contributed by atoms with Gasteiger partial charge in [-0.15, -0.1) is 11.3 Å². The van der Waals surface area contributed by atoms with Crippen LogP contribution in [-0.2, 0) is 15.8 Å². The van der Waals surface area contributed by atoms with Crippen molar-refractivity contribution in [2.24, 2.45) is 0 Å². The summed E-state index contributed by atoms with van der Waals surface area (Å²) in [6.45, 7) is 0.637. The van der Waals surface area contributed by atoms with E-state index in [1.54, 1.807) is 15.6 Å². The summed E-state index contributed by atoms with van der Waals surface area (Å²) in [5.41, 5.74) is 0.851. The van der Waals surface area contributed by atoms with Gasteiger partial charge in [-0.05, 0) is 29.9 Å². The molecule has 20 heavy (non-hydrogen) atoms. The van der Waals surface area contributed by atoms with Crippen LogP contribution in [0.5, 0.6) is 0 Å². The molecule has 0 spiro atoms. The predicted octanol–water partition coefficient (Wildman–Crippen LogP) is 3.42. The SMILES string of the molecule is O=S(=O)(Cc1ccccc1)N1CCC[C@@H]1c1cccs1. The van der Waals surface area contributed by atoms with Gasteiger partial charge in [-0.2, -0.15) is 4.31 Å². The minimum Gasteiger partial charge on any atom is -0.212 e. The maximum absolute atomic E-state index is 12.6. The Hall–Kier alpha value is -1.17. The van der Waals surface area contributed by atoms with Crippen LogP contribution in [-0.4, -0.2) is 19.3 Å². The first-order valence-electron chi connectivity index (χ1n) is 6.74. The van der Waals surface area contributed by atoms with Crippen LogP contribution < -0.4 is 0 Å². The number of thiophene rings is 1. The zero-order valence-corrected chi connectivity index (χ0v) is 12.7. The third-order valence-electron chi connectivity index (χ3n) is 3.62. The Balaban J connectivity index is 1.83. The van der Waals surface area contributed by atoms with Gasteiger partial charge in [-0.1, -0.05) is 36.4 Å². The fourth-order valence-electron chi connectivity index (χ4n) is 2.71. The van der Waals surface area contributed by atoms with Crippen LogP contribution in [0.2, 0.25) is 0 Å². The van der Waals surface area contributed by atoms with Gasteiger partial charge >= 0.3 is 0 Å². The second kappa shape index (κ2) is 5.68. The zero-order valence-electron chi connectivity index (χ0n) is 11.1. The van der Waals surface area contributed by atoms with Gasteiger partial charge in [0, 0.05) is 11.4 Å². The summed E-state index contributed by atoms with van der Waals surface area (Å²) in [7, 11) is -3.25. The molecule has 1 aromatic heterocycles. The van der Waals surface area contributed by atoms with Gasteiger partial charge in [0.1, 0.15) is 0 Å². The number of nitrogens with zero attached hydrogens (tertiary/aromatic N) is 1. The van der Waals surface area contributed by atoms with Crippen LogP contribution in [0.1, 0.15) is 29.3 Å². The van der Waals surface area contributed by atoms with Crippen LogP contribution in [0.3, 0.4) is 0 Å². The fourth-order valence-corrected chi connectivity index (χ4v) is 5.44. The Morgan fingerprint density at radius 3 is 2.65 bits per heavy atom. The van der Waals surface area contributed by atoms with E-state index in [2.05, 4.69) is 0 Å². The molecule has 0 saturated carbocycles. The smallest absolute Gasteiger partial charge is 0.212 e. The Labute approximate surface area is 123 Å². The largest absolute Gasteiger partial charge is 0.218 e. The molecule has 0 N–H and O–H groups in total. The lowest BCUT2D eigenvalue weighted by molar-refractivity contribution is 0.400. The third kappa shape index (κ3) is 2.80. The van der Waals surface area contributed by atoms with Crippen molar-refractivity contribution in [2.75, 3.05) is 6.54 Å². The van der Waals surface area contributed by atoms with E-state index in [-0.39, 0.29) is 11.8 Å². The Bertz CT molecular complexity index is 650. The summed E-state index contributed by atoms with van der Waals surface area (Å²) in [5, 5.41) is 2.01. The average molecular weight is 307 g/mol. The Morgan fingerprint density at radius 2 is 1.95 bits per heavy atom. The molecule has 106 valence electrons. The number of rotatable bonds is 4. The second-order valence-electron chi connectivity index (χ2n) is 5.03. The first-order valence-corrected chi connectivity index (χ1v) is 9.22. The molecule has 1 aliphatic heterocycles. The molecule has 2 heterocycles. The highest BCUT2D eigenvalue weighted by Gasteiger charge is 2.35. The summed E-state index contributed by atoms with van der Waals surface area (Å²) in [5.74, 6) is 0.0930. The van der Waals surface area contributed by atoms with Crippen LogP contribution >= 0.6 is 11.3 Å². The van der Waals surface area contributed by atoms with Gasteiger partial charge in [-0.25, -0.2) is 8.42 Å².